The van der Waals surface area contributed by atoms with Gasteiger partial charge in [0.2, 0.25) is 0 Å². The molecule has 1 aliphatic heterocycles. The Bertz CT molecular complexity index is 783. The number of rotatable bonds is 2. The molecule has 0 fully saturated rings. The summed E-state index contributed by atoms with van der Waals surface area (Å²) in [5.41, 5.74) is 1.44. The molecule has 0 unspecified atom stereocenters. The van der Waals surface area contributed by atoms with E-state index in [0.29, 0.717) is 0 Å². The minimum atomic E-state index is -1.18. The smallest absolute Gasteiger partial charge is 0.161 e. The highest BCUT2D eigenvalue weighted by atomic mass is 16.5. The van der Waals surface area contributed by atoms with Crippen molar-refractivity contribution >= 4 is 0 Å². The van der Waals surface area contributed by atoms with Crippen LogP contribution in [0.15, 0.2) is 84.9 Å². The second-order valence-corrected chi connectivity index (χ2v) is 5.54. The first-order valence-corrected chi connectivity index (χ1v) is 7.39. The summed E-state index contributed by atoms with van der Waals surface area (Å²) >= 11 is 0. The van der Waals surface area contributed by atoms with Crippen molar-refractivity contribution in [3.8, 4) is 5.75 Å². The summed E-state index contributed by atoms with van der Waals surface area (Å²) in [6.45, 7) is 0. The van der Waals surface area contributed by atoms with Crippen molar-refractivity contribution in [1.82, 2.24) is 0 Å². The zero-order chi connectivity index (χ0) is 15.0. The summed E-state index contributed by atoms with van der Waals surface area (Å²) in [7, 11) is 0. The van der Waals surface area contributed by atoms with Crippen LogP contribution >= 0.6 is 0 Å². The molecule has 0 radical (unpaired) electrons. The van der Waals surface area contributed by atoms with E-state index >= 15 is 0 Å². The van der Waals surface area contributed by atoms with E-state index in [1.54, 1.807) is 0 Å². The molecule has 1 aliphatic rings. The predicted octanol–water partition coefficient (Wildman–Crippen LogP) is 4.06. The van der Waals surface area contributed by atoms with Gasteiger partial charge < -0.3 is 9.84 Å². The van der Waals surface area contributed by atoms with Gasteiger partial charge in [0.25, 0.3) is 0 Å². The van der Waals surface area contributed by atoms with Crippen LogP contribution in [0.5, 0.6) is 5.75 Å². The normalized spacial score (nSPS) is 22.9. The molecule has 0 amide bonds. The Labute approximate surface area is 129 Å². The maximum atomic E-state index is 11.6. The number of hydrogen-bond donors (Lipinski definition) is 1. The maximum absolute atomic E-state index is 11.6. The van der Waals surface area contributed by atoms with Crippen LogP contribution in [-0.2, 0) is 5.60 Å². The molecule has 2 nitrogen and oxygen atoms in total. The molecule has 0 saturated heterocycles. The third-order valence-electron chi connectivity index (χ3n) is 4.24. The molecule has 3 aromatic carbocycles. The highest BCUT2D eigenvalue weighted by Gasteiger charge is 2.49. The summed E-state index contributed by atoms with van der Waals surface area (Å²) in [6, 6.07) is 27.3. The van der Waals surface area contributed by atoms with Crippen molar-refractivity contribution in [2.75, 3.05) is 0 Å². The lowest BCUT2D eigenvalue weighted by Gasteiger charge is -2.30. The van der Waals surface area contributed by atoms with E-state index in [-0.39, 0.29) is 0 Å². The lowest BCUT2D eigenvalue weighted by molar-refractivity contribution is -0.00725. The summed E-state index contributed by atoms with van der Waals surface area (Å²) in [5, 5.41) is 11.6. The van der Waals surface area contributed by atoms with Gasteiger partial charge in [-0.3, -0.25) is 0 Å². The van der Waals surface area contributed by atoms with Crippen molar-refractivity contribution in [2.24, 2.45) is 0 Å². The van der Waals surface area contributed by atoms with E-state index < -0.39 is 11.7 Å². The van der Waals surface area contributed by atoms with E-state index in [0.717, 1.165) is 22.4 Å². The number of aliphatic hydroxyl groups is 1. The van der Waals surface area contributed by atoms with Gasteiger partial charge in [0.1, 0.15) is 5.75 Å². The third kappa shape index (κ3) is 1.85. The van der Waals surface area contributed by atoms with Gasteiger partial charge in [0.15, 0.2) is 11.7 Å². The lowest BCUT2D eigenvalue weighted by atomic mass is 9.80. The Hall–Kier alpha value is -2.58. The average molecular weight is 288 g/mol. The lowest BCUT2D eigenvalue weighted by Crippen LogP contribution is -2.32. The van der Waals surface area contributed by atoms with Crippen LogP contribution in [0.4, 0.5) is 0 Å². The Kier molecular flexibility index (Phi) is 2.98. The van der Waals surface area contributed by atoms with Crippen molar-refractivity contribution in [1.29, 1.82) is 0 Å². The van der Waals surface area contributed by atoms with Gasteiger partial charge >= 0.3 is 0 Å². The second kappa shape index (κ2) is 5.00. The van der Waals surface area contributed by atoms with Crippen LogP contribution < -0.4 is 4.74 Å². The first kappa shape index (κ1) is 13.1. The molecule has 0 aromatic heterocycles. The maximum Gasteiger partial charge on any atom is 0.161 e. The Morgan fingerprint density at radius 2 is 1.32 bits per heavy atom. The zero-order valence-corrected chi connectivity index (χ0v) is 12.0. The standard InChI is InChI=1S/C20H16O2/c21-20(16-11-5-2-6-12-16)17-13-7-8-14-18(17)22-19(20)15-9-3-1-4-10-15/h1-14,19,21H/t19-,20-/m0/s1. The molecule has 2 atom stereocenters. The largest absolute Gasteiger partial charge is 0.482 e. The molecule has 1 N–H and O–H groups in total. The van der Waals surface area contributed by atoms with Crippen LogP contribution in [-0.4, -0.2) is 5.11 Å². The molecule has 22 heavy (non-hydrogen) atoms. The molecule has 0 bridgehead atoms. The molecule has 1 heterocycles. The fraction of sp³-hybridized carbons (Fsp3) is 0.100. The predicted molar refractivity (Wildman–Crippen MR) is 85.7 cm³/mol. The zero-order valence-electron chi connectivity index (χ0n) is 12.0. The van der Waals surface area contributed by atoms with E-state index in [1.807, 2.05) is 84.9 Å². The minimum Gasteiger partial charge on any atom is -0.482 e. The van der Waals surface area contributed by atoms with Crippen LogP contribution in [0.2, 0.25) is 0 Å². The van der Waals surface area contributed by atoms with Gasteiger partial charge in [0, 0.05) is 5.56 Å². The molecule has 4 rings (SSSR count). The minimum absolute atomic E-state index is 0.450. The molecule has 3 aromatic rings. The molecule has 108 valence electrons. The van der Waals surface area contributed by atoms with E-state index in [9.17, 15) is 5.11 Å². The SMILES string of the molecule is O[C@@]1(c2ccccc2)c2ccccc2O[C@H]1c1ccccc1. The Balaban J connectivity index is 1.94. The summed E-state index contributed by atoms with van der Waals surface area (Å²) in [4.78, 5) is 0. The van der Waals surface area contributed by atoms with Gasteiger partial charge in [-0.05, 0) is 17.2 Å². The fourth-order valence-corrected chi connectivity index (χ4v) is 3.17. The molecule has 0 spiro atoms. The third-order valence-corrected chi connectivity index (χ3v) is 4.24. The van der Waals surface area contributed by atoms with E-state index in [2.05, 4.69) is 0 Å². The molecule has 2 heteroatoms. The quantitative estimate of drug-likeness (QED) is 0.770. The van der Waals surface area contributed by atoms with E-state index in [4.69, 9.17) is 4.74 Å². The average Bonchev–Trinajstić information content (AvgIpc) is 2.91. The van der Waals surface area contributed by atoms with Gasteiger partial charge in [-0.2, -0.15) is 0 Å². The molecule has 0 aliphatic carbocycles. The summed E-state index contributed by atoms with van der Waals surface area (Å²) < 4.78 is 6.11. The Morgan fingerprint density at radius 1 is 0.727 bits per heavy atom. The van der Waals surface area contributed by atoms with Crippen LogP contribution in [0, 0.1) is 0 Å². The van der Waals surface area contributed by atoms with Crippen molar-refractivity contribution in [3.63, 3.8) is 0 Å². The highest BCUT2D eigenvalue weighted by Crippen LogP contribution is 2.52. The highest BCUT2D eigenvalue weighted by molar-refractivity contribution is 5.51. The first-order chi connectivity index (χ1) is 10.8. The van der Waals surface area contributed by atoms with Crippen molar-refractivity contribution < 1.29 is 9.84 Å². The number of hydrogen-bond acceptors (Lipinski definition) is 2. The number of para-hydroxylation sites is 1. The molecular weight excluding hydrogens is 272 g/mol. The second-order valence-electron chi connectivity index (χ2n) is 5.54. The number of fused-ring (bicyclic) bond motifs is 1. The van der Waals surface area contributed by atoms with Gasteiger partial charge in [-0.1, -0.05) is 78.9 Å². The van der Waals surface area contributed by atoms with Crippen molar-refractivity contribution in [3.05, 3.63) is 102 Å². The molecular formula is C20H16O2. The van der Waals surface area contributed by atoms with Gasteiger partial charge in [-0.25, -0.2) is 0 Å². The van der Waals surface area contributed by atoms with Crippen LogP contribution in [0.1, 0.15) is 22.8 Å². The van der Waals surface area contributed by atoms with Gasteiger partial charge in [-0.15, -0.1) is 0 Å². The Morgan fingerprint density at radius 3 is 2.05 bits per heavy atom. The summed E-state index contributed by atoms with van der Waals surface area (Å²) in [5.74, 6) is 0.739. The van der Waals surface area contributed by atoms with E-state index in [1.165, 1.54) is 0 Å². The molecule has 0 saturated carbocycles. The number of ether oxygens (including phenoxy) is 1. The topological polar surface area (TPSA) is 29.5 Å². The van der Waals surface area contributed by atoms with Crippen LogP contribution in [0.3, 0.4) is 0 Å². The van der Waals surface area contributed by atoms with Crippen LogP contribution in [0.25, 0.3) is 0 Å². The monoisotopic (exact) mass is 288 g/mol. The van der Waals surface area contributed by atoms with Gasteiger partial charge in [0.05, 0.1) is 0 Å². The summed E-state index contributed by atoms with van der Waals surface area (Å²) in [6.07, 6.45) is -0.450. The fourth-order valence-electron chi connectivity index (χ4n) is 3.17. The number of benzene rings is 3. The van der Waals surface area contributed by atoms with Crippen molar-refractivity contribution in [2.45, 2.75) is 11.7 Å². The first-order valence-electron chi connectivity index (χ1n) is 7.39.